The van der Waals surface area contributed by atoms with Crippen molar-refractivity contribution in [2.45, 2.75) is 13.5 Å². The molecule has 0 atom stereocenters. The predicted molar refractivity (Wildman–Crippen MR) is 99.6 cm³/mol. The lowest BCUT2D eigenvalue weighted by Crippen LogP contribution is -2.26. The van der Waals surface area contributed by atoms with Crippen LogP contribution in [0.25, 0.3) is 22.4 Å². The molecule has 4 aromatic rings. The maximum absolute atomic E-state index is 12.5. The topological polar surface area (TPSA) is 120 Å². The second-order valence-electron chi connectivity index (χ2n) is 5.93. The van der Waals surface area contributed by atoms with E-state index in [0.717, 1.165) is 16.5 Å². The number of hydrogen-bond acceptors (Lipinski definition) is 7. The fourth-order valence-corrected chi connectivity index (χ4v) is 2.72. The first-order chi connectivity index (χ1) is 13.1. The first kappa shape index (κ1) is 16.6. The number of amides is 1. The van der Waals surface area contributed by atoms with Gasteiger partial charge in [0.15, 0.2) is 11.5 Å². The van der Waals surface area contributed by atoms with E-state index in [9.17, 15) is 4.79 Å². The minimum absolute atomic E-state index is 0.0118. The first-order valence-electron chi connectivity index (χ1n) is 8.27. The summed E-state index contributed by atoms with van der Waals surface area (Å²) in [5.41, 5.74) is 7.63. The normalized spacial score (nSPS) is 10.9. The number of aryl methyl sites for hydroxylation is 1. The summed E-state index contributed by atoms with van der Waals surface area (Å²) in [6.45, 7) is 1.97. The molecular weight excluding hydrogens is 344 g/mol. The second kappa shape index (κ2) is 6.83. The highest BCUT2D eigenvalue weighted by Gasteiger charge is 2.18. The zero-order chi connectivity index (χ0) is 18.8. The fraction of sp³-hybridized carbons (Fsp3) is 0.105. The van der Waals surface area contributed by atoms with E-state index in [2.05, 4.69) is 25.3 Å². The molecule has 0 bridgehead atoms. The summed E-state index contributed by atoms with van der Waals surface area (Å²) in [5, 5.41) is 4.88. The van der Waals surface area contributed by atoms with Gasteiger partial charge in [-0.15, -0.1) is 0 Å². The van der Waals surface area contributed by atoms with Gasteiger partial charge in [-0.05, 0) is 18.4 Å². The quantitative estimate of drug-likeness (QED) is 0.573. The largest absolute Gasteiger partial charge is 0.443 e. The van der Waals surface area contributed by atoms with Crippen molar-refractivity contribution in [2.24, 2.45) is 0 Å². The number of rotatable bonds is 4. The highest BCUT2D eigenvalue weighted by atomic mass is 16.3. The summed E-state index contributed by atoms with van der Waals surface area (Å²) in [6.07, 6.45) is 4.72. The fourth-order valence-electron chi connectivity index (χ4n) is 2.72. The Balaban J connectivity index is 1.53. The molecule has 0 radical (unpaired) electrons. The molecule has 4 rings (SSSR count). The van der Waals surface area contributed by atoms with E-state index in [1.807, 2.05) is 30.3 Å². The smallest absolute Gasteiger partial charge is 0.274 e. The van der Waals surface area contributed by atoms with Gasteiger partial charge in [-0.2, -0.15) is 0 Å². The Morgan fingerprint density at radius 3 is 2.78 bits per heavy atom. The van der Waals surface area contributed by atoms with Gasteiger partial charge in [-0.3, -0.25) is 9.78 Å². The van der Waals surface area contributed by atoms with E-state index in [4.69, 9.17) is 10.2 Å². The van der Waals surface area contributed by atoms with E-state index in [1.165, 1.54) is 12.5 Å². The molecule has 1 amide bonds. The van der Waals surface area contributed by atoms with Gasteiger partial charge in [0.1, 0.15) is 12.0 Å². The lowest BCUT2D eigenvalue weighted by molar-refractivity contribution is 0.0946. The third-order valence-corrected chi connectivity index (χ3v) is 4.06. The molecule has 3 N–H and O–H groups in total. The number of pyridine rings is 1. The van der Waals surface area contributed by atoms with Crippen LogP contribution >= 0.6 is 0 Å². The minimum atomic E-state index is -0.419. The highest BCUT2D eigenvalue weighted by molar-refractivity contribution is 5.96. The Morgan fingerprint density at radius 2 is 2.00 bits per heavy atom. The third kappa shape index (κ3) is 3.32. The van der Waals surface area contributed by atoms with Crippen LogP contribution in [0.1, 0.15) is 21.9 Å². The van der Waals surface area contributed by atoms with Gasteiger partial charge < -0.3 is 15.5 Å². The average molecular weight is 360 g/mol. The number of hydrogen-bond donors (Lipinski definition) is 2. The van der Waals surface area contributed by atoms with Crippen molar-refractivity contribution in [3.05, 3.63) is 66.1 Å². The van der Waals surface area contributed by atoms with E-state index in [0.29, 0.717) is 17.3 Å². The number of aromatic nitrogens is 4. The summed E-state index contributed by atoms with van der Waals surface area (Å²) < 4.78 is 5.22. The van der Waals surface area contributed by atoms with Crippen molar-refractivity contribution in [1.29, 1.82) is 0 Å². The molecule has 8 heteroatoms. The van der Waals surface area contributed by atoms with Crippen molar-refractivity contribution in [2.75, 3.05) is 5.73 Å². The molecule has 0 spiro atoms. The molecule has 8 nitrogen and oxygen atoms in total. The van der Waals surface area contributed by atoms with Crippen LogP contribution in [0.5, 0.6) is 0 Å². The van der Waals surface area contributed by atoms with Crippen molar-refractivity contribution >= 4 is 22.5 Å². The van der Waals surface area contributed by atoms with Crippen molar-refractivity contribution in [3.63, 3.8) is 0 Å². The maximum Gasteiger partial charge on any atom is 0.274 e. The van der Waals surface area contributed by atoms with E-state index in [-0.39, 0.29) is 18.1 Å². The molecule has 3 aromatic heterocycles. The van der Waals surface area contributed by atoms with Gasteiger partial charge >= 0.3 is 0 Å². The van der Waals surface area contributed by atoms with Gasteiger partial charge in [0.25, 0.3) is 5.91 Å². The minimum Gasteiger partial charge on any atom is -0.443 e. The van der Waals surface area contributed by atoms with Crippen LogP contribution in [0.3, 0.4) is 0 Å². The number of nitrogens with one attached hydrogen (secondary N) is 1. The predicted octanol–water partition coefficient (Wildman–Crippen LogP) is 2.50. The van der Waals surface area contributed by atoms with Crippen molar-refractivity contribution in [1.82, 2.24) is 25.3 Å². The molecule has 0 aliphatic heterocycles. The summed E-state index contributed by atoms with van der Waals surface area (Å²) in [6, 6.07) is 9.83. The molecule has 0 saturated heterocycles. The van der Waals surface area contributed by atoms with Crippen molar-refractivity contribution in [3.8, 4) is 11.6 Å². The number of carbonyl (C=O) groups is 1. The zero-order valence-electron chi connectivity index (χ0n) is 14.5. The Hall–Kier alpha value is -3.81. The molecule has 0 aliphatic carbocycles. The van der Waals surface area contributed by atoms with Crippen LogP contribution in [-0.2, 0) is 6.54 Å². The van der Waals surface area contributed by atoms with Crippen LogP contribution in [0, 0.1) is 6.92 Å². The van der Waals surface area contributed by atoms with E-state index >= 15 is 0 Å². The molecular formula is C19H16N6O2. The summed E-state index contributed by atoms with van der Waals surface area (Å²) in [4.78, 5) is 29.4. The first-order valence-corrected chi connectivity index (χ1v) is 8.27. The van der Waals surface area contributed by atoms with Crippen LogP contribution in [0.15, 0.2) is 53.4 Å². The SMILES string of the molecule is Cc1nc(C(=O)NCc2cc3ccccc3cn2)c(N)nc1-c1ncco1. The van der Waals surface area contributed by atoms with Crippen LogP contribution in [0.4, 0.5) is 5.82 Å². The number of benzene rings is 1. The monoisotopic (exact) mass is 360 g/mol. The number of fused-ring (bicyclic) bond motifs is 1. The van der Waals surface area contributed by atoms with Gasteiger partial charge in [-0.25, -0.2) is 15.0 Å². The lowest BCUT2D eigenvalue weighted by Gasteiger charge is -2.09. The second-order valence-corrected chi connectivity index (χ2v) is 5.93. The maximum atomic E-state index is 12.5. The molecule has 0 aliphatic rings. The van der Waals surface area contributed by atoms with Gasteiger partial charge in [0.2, 0.25) is 5.89 Å². The summed E-state index contributed by atoms with van der Waals surface area (Å²) in [5.74, 6) is -0.103. The number of anilines is 1. The van der Waals surface area contributed by atoms with Gasteiger partial charge in [0.05, 0.1) is 24.1 Å². The molecule has 134 valence electrons. The van der Waals surface area contributed by atoms with Gasteiger partial charge in [-0.1, -0.05) is 24.3 Å². The Bertz CT molecular complexity index is 1120. The number of oxazole rings is 1. The third-order valence-electron chi connectivity index (χ3n) is 4.06. The summed E-state index contributed by atoms with van der Waals surface area (Å²) >= 11 is 0. The van der Waals surface area contributed by atoms with Crippen molar-refractivity contribution < 1.29 is 9.21 Å². The van der Waals surface area contributed by atoms with Crippen LogP contribution in [0.2, 0.25) is 0 Å². The number of nitrogens with two attached hydrogens (primary N) is 1. The van der Waals surface area contributed by atoms with E-state index < -0.39 is 5.91 Å². The van der Waals surface area contributed by atoms with E-state index in [1.54, 1.807) is 13.1 Å². The highest BCUT2D eigenvalue weighted by Crippen LogP contribution is 2.21. The van der Waals surface area contributed by atoms with Crippen LogP contribution < -0.4 is 11.1 Å². The Labute approximate surface area is 154 Å². The molecule has 1 aromatic carbocycles. The molecule has 3 heterocycles. The summed E-state index contributed by atoms with van der Waals surface area (Å²) in [7, 11) is 0. The number of nitrogens with zero attached hydrogens (tertiary/aromatic N) is 4. The lowest BCUT2D eigenvalue weighted by atomic mass is 10.1. The molecule has 0 unspecified atom stereocenters. The Morgan fingerprint density at radius 1 is 1.19 bits per heavy atom. The van der Waals surface area contributed by atoms with Crippen LogP contribution in [-0.4, -0.2) is 25.8 Å². The zero-order valence-corrected chi connectivity index (χ0v) is 14.5. The molecule has 27 heavy (non-hydrogen) atoms. The average Bonchev–Trinajstić information content (AvgIpc) is 3.22. The number of nitrogen functional groups attached to an aromatic ring is 1. The molecule has 0 fully saturated rings. The van der Waals surface area contributed by atoms with Gasteiger partial charge in [0, 0.05) is 11.6 Å². The molecule has 0 saturated carbocycles. The number of carbonyl (C=O) groups excluding carboxylic acids is 1. The standard InChI is InChI=1S/C19H16N6O2/c1-11-15(19-21-6-7-27-19)25-17(20)16(24-11)18(26)23-10-14-8-12-4-2-3-5-13(12)9-22-14/h2-9H,10H2,1H3,(H2,20,25)(H,23,26). The Kier molecular flexibility index (Phi) is 4.21.